The van der Waals surface area contributed by atoms with E-state index in [9.17, 15) is 24.6 Å². The van der Waals surface area contributed by atoms with Crippen molar-refractivity contribution < 1.29 is 34.1 Å². The van der Waals surface area contributed by atoms with Gasteiger partial charge >= 0.3 is 5.97 Å². The number of carbonyl (C=O) groups is 3. The lowest BCUT2D eigenvalue weighted by Crippen LogP contribution is -2.36. The topological polar surface area (TPSA) is 195 Å². The van der Waals surface area contributed by atoms with Gasteiger partial charge in [-0.2, -0.15) is 5.10 Å². The number of fused-ring (bicyclic) bond motifs is 1. The number of ether oxygens (including phenoxy) is 2. The maximum Gasteiger partial charge on any atom is 0.339 e. The number of nitrogen functional groups attached to an aromatic ring is 1. The molecule has 240 valence electrons. The molecule has 0 bridgehead atoms. The fraction of sp³-hybridized carbons (Fsp3) is 0.312. The van der Waals surface area contributed by atoms with Crippen LogP contribution in [-0.2, 0) is 25.6 Å². The van der Waals surface area contributed by atoms with E-state index in [1.54, 1.807) is 43.4 Å². The molecule has 2 aromatic heterocycles. The zero-order valence-electron chi connectivity index (χ0n) is 25.5. The number of carbonyl (C=O) groups excluding carboxylic acids is 2. The van der Waals surface area contributed by atoms with Crippen molar-refractivity contribution in [1.29, 1.82) is 0 Å². The third-order valence-electron chi connectivity index (χ3n) is 6.92. The molecule has 0 atom stereocenters. The van der Waals surface area contributed by atoms with Gasteiger partial charge in [-0.15, -0.1) is 0 Å². The third kappa shape index (κ3) is 8.35. The highest BCUT2D eigenvalue weighted by molar-refractivity contribution is 6.03. The molecule has 2 amide bonds. The monoisotopic (exact) mass is 629 g/mol. The maximum atomic E-state index is 13.2. The number of phenolic OH excluding ortho intramolecular Hbond substituents is 1. The summed E-state index contributed by atoms with van der Waals surface area (Å²) in [5.74, 6) is 4.11. The average molecular weight is 630 g/mol. The van der Waals surface area contributed by atoms with E-state index >= 15 is 0 Å². The first-order chi connectivity index (χ1) is 22.2. The van der Waals surface area contributed by atoms with E-state index in [1.165, 1.54) is 29.2 Å². The number of aromatic hydroxyl groups is 1. The van der Waals surface area contributed by atoms with Crippen LogP contribution in [0.2, 0.25) is 0 Å². The molecule has 0 aliphatic carbocycles. The van der Waals surface area contributed by atoms with Crippen LogP contribution in [0.1, 0.15) is 35.2 Å². The van der Waals surface area contributed by atoms with Crippen LogP contribution in [0, 0.1) is 11.8 Å². The van der Waals surface area contributed by atoms with Gasteiger partial charge in [0.25, 0.3) is 0 Å². The number of nitrogens with two attached hydrogens (primary N) is 1. The molecule has 4 rings (SSSR count). The number of methoxy groups -OCH3 is 2. The number of hydrogen-bond acceptors (Lipinski definition) is 10. The van der Waals surface area contributed by atoms with Gasteiger partial charge in [-0.05, 0) is 30.7 Å². The Morgan fingerprint density at radius 1 is 1.07 bits per heavy atom. The van der Waals surface area contributed by atoms with Crippen LogP contribution in [0.4, 0.5) is 11.5 Å². The Morgan fingerprint density at radius 2 is 1.80 bits per heavy atom. The van der Waals surface area contributed by atoms with E-state index < -0.39 is 11.9 Å². The Balaban J connectivity index is 1.47. The number of phenols is 1. The number of amides is 2. The molecule has 14 nitrogen and oxygen atoms in total. The van der Waals surface area contributed by atoms with Gasteiger partial charge in [0, 0.05) is 51.3 Å². The van der Waals surface area contributed by atoms with E-state index in [-0.39, 0.29) is 52.9 Å². The molecule has 4 aromatic rings. The van der Waals surface area contributed by atoms with Crippen molar-refractivity contribution in [2.24, 2.45) is 0 Å². The van der Waals surface area contributed by atoms with E-state index in [0.717, 1.165) is 0 Å². The quantitative estimate of drug-likeness (QED) is 0.118. The smallest absolute Gasteiger partial charge is 0.339 e. The largest absolute Gasteiger partial charge is 0.508 e. The van der Waals surface area contributed by atoms with Crippen molar-refractivity contribution in [3.05, 3.63) is 59.9 Å². The lowest BCUT2D eigenvalue weighted by atomic mass is 10.0. The number of aromatic nitrogens is 4. The lowest BCUT2D eigenvalue weighted by molar-refractivity contribution is -0.132. The molecule has 0 saturated heterocycles. The summed E-state index contributed by atoms with van der Waals surface area (Å²) in [6.45, 7) is 1.44. The predicted molar refractivity (Wildman–Crippen MR) is 170 cm³/mol. The van der Waals surface area contributed by atoms with Gasteiger partial charge in [0.2, 0.25) is 11.8 Å². The number of carboxylic acid groups (broad SMARTS) is 1. The van der Waals surface area contributed by atoms with Gasteiger partial charge in [-0.25, -0.2) is 19.4 Å². The number of carboxylic acids is 1. The Morgan fingerprint density at radius 3 is 2.50 bits per heavy atom. The second kappa shape index (κ2) is 16.0. The van der Waals surface area contributed by atoms with Crippen LogP contribution >= 0.6 is 0 Å². The Kier molecular flexibility index (Phi) is 11.6. The van der Waals surface area contributed by atoms with Crippen molar-refractivity contribution >= 4 is 40.3 Å². The Labute approximate surface area is 265 Å². The second-order valence-corrected chi connectivity index (χ2v) is 10.1. The van der Waals surface area contributed by atoms with Crippen LogP contribution < -0.4 is 11.1 Å². The normalized spacial score (nSPS) is 10.7. The summed E-state index contributed by atoms with van der Waals surface area (Å²) in [4.78, 5) is 48.0. The van der Waals surface area contributed by atoms with E-state index in [4.69, 9.17) is 15.2 Å². The van der Waals surface area contributed by atoms with Gasteiger partial charge in [-0.1, -0.05) is 30.0 Å². The lowest BCUT2D eigenvalue weighted by Gasteiger charge is -2.21. The predicted octanol–water partition coefficient (Wildman–Crippen LogP) is 2.76. The van der Waals surface area contributed by atoms with Crippen molar-refractivity contribution in [2.45, 2.75) is 25.8 Å². The fourth-order valence-corrected chi connectivity index (χ4v) is 4.72. The summed E-state index contributed by atoms with van der Waals surface area (Å²) >= 11 is 0. The zero-order valence-corrected chi connectivity index (χ0v) is 25.5. The van der Waals surface area contributed by atoms with Crippen LogP contribution in [0.5, 0.6) is 5.75 Å². The van der Waals surface area contributed by atoms with Crippen molar-refractivity contribution in [3.8, 4) is 28.8 Å². The van der Waals surface area contributed by atoms with Crippen LogP contribution in [-0.4, -0.2) is 93.2 Å². The first-order valence-corrected chi connectivity index (χ1v) is 14.4. The average Bonchev–Trinajstić information content (AvgIpc) is 3.40. The summed E-state index contributed by atoms with van der Waals surface area (Å²) in [6, 6.07) is 11.0. The number of aromatic carboxylic acids is 1. The van der Waals surface area contributed by atoms with Crippen LogP contribution in [0.15, 0.2) is 48.8 Å². The van der Waals surface area contributed by atoms with Crippen LogP contribution in [0.3, 0.4) is 0 Å². The summed E-state index contributed by atoms with van der Waals surface area (Å²) < 4.78 is 11.5. The molecule has 0 aliphatic heterocycles. The molecule has 0 saturated carbocycles. The highest BCUT2D eigenvalue weighted by atomic mass is 16.5. The molecule has 46 heavy (non-hydrogen) atoms. The third-order valence-corrected chi connectivity index (χ3v) is 6.92. The molecule has 0 unspecified atom stereocenters. The standard InChI is InChI=1S/C32H35N7O7/c1-45-16-14-38(15-17-46-2)26(42)13-5-3-4-8-21-9-7-12-24(27(21)32(43)44)36-25(41)19-39-31-28(30(33)34-20-35-31)29(37-39)22-10-6-11-23(40)18-22/h6-7,9-12,18,20,40H,3,5,13-17,19H2,1-2H3,(H,36,41)(H,43,44)(H2,33,34,35). The molecule has 0 radical (unpaired) electrons. The summed E-state index contributed by atoms with van der Waals surface area (Å²) in [6.07, 6.45) is 2.37. The minimum atomic E-state index is -1.27. The molecule has 2 aromatic carbocycles. The van der Waals surface area contributed by atoms with Gasteiger partial charge in [0.05, 0.1) is 29.9 Å². The first kappa shape index (κ1) is 33.4. The molecular formula is C32H35N7O7. The highest BCUT2D eigenvalue weighted by Gasteiger charge is 2.21. The molecular weight excluding hydrogens is 594 g/mol. The van der Waals surface area contributed by atoms with Gasteiger partial charge in [0.1, 0.15) is 30.1 Å². The molecule has 5 N–H and O–H groups in total. The summed E-state index contributed by atoms with van der Waals surface area (Å²) in [5.41, 5.74) is 7.44. The second-order valence-electron chi connectivity index (χ2n) is 10.1. The van der Waals surface area contributed by atoms with Crippen molar-refractivity contribution in [2.75, 3.05) is 51.6 Å². The highest BCUT2D eigenvalue weighted by Crippen LogP contribution is 2.31. The van der Waals surface area contributed by atoms with Gasteiger partial charge < -0.3 is 35.6 Å². The van der Waals surface area contributed by atoms with Crippen LogP contribution in [0.25, 0.3) is 22.3 Å². The van der Waals surface area contributed by atoms with Crippen molar-refractivity contribution in [3.63, 3.8) is 0 Å². The number of nitrogens with one attached hydrogen (secondary N) is 1. The minimum absolute atomic E-state index is 0.0218. The Bertz CT molecular complexity index is 1770. The summed E-state index contributed by atoms with van der Waals surface area (Å²) in [7, 11) is 3.14. The number of anilines is 2. The van der Waals surface area contributed by atoms with E-state index in [0.29, 0.717) is 55.8 Å². The van der Waals surface area contributed by atoms with Gasteiger partial charge in [-0.3, -0.25) is 9.59 Å². The molecule has 0 spiro atoms. The minimum Gasteiger partial charge on any atom is -0.508 e. The molecule has 14 heteroatoms. The van der Waals surface area contributed by atoms with Gasteiger partial charge in [0.15, 0.2) is 5.65 Å². The number of benzene rings is 2. The Hall–Kier alpha value is -5.52. The molecule has 0 fully saturated rings. The SMILES string of the molecule is COCCN(CCOC)C(=O)CCCC#Cc1cccc(NC(=O)Cn2nc(-c3cccc(O)c3)c3c(N)ncnc32)c1C(=O)O. The van der Waals surface area contributed by atoms with Crippen molar-refractivity contribution in [1.82, 2.24) is 24.6 Å². The number of hydrogen-bond donors (Lipinski definition) is 4. The fourth-order valence-electron chi connectivity index (χ4n) is 4.72. The van der Waals surface area contributed by atoms with E-state index in [1.807, 2.05) is 0 Å². The molecule has 0 aliphatic rings. The number of nitrogens with zero attached hydrogens (tertiary/aromatic N) is 5. The zero-order chi connectivity index (χ0) is 33.1. The number of rotatable bonds is 14. The first-order valence-electron chi connectivity index (χ1n) is 14.4. The summed E-state index contributed by atoms with van der Waals surface area (Å²) in [5, 5.41) is 27.5. The van der Waals surface area contributed by atoms with E-state index in [2.05, 4.69) is 32.2 Å². The maximum absolute atomic E-state index is 13.2. The molecule has 2 heterocycles. The number of unbranched alkanes of at least 4 members (excludes halogenated alkanes) is 1.